The van der Waals surface area contributed by atoms with Crippen molar-refractivity contribution >= 4 is 21.2 Å². The first-order valence-corrected chi connectivity index (χ1v) is 9.14. The van der Waals surface area contributed by atoms with Gasteiger partial charge in [0.05, 0.1) is 12.1 Å². The van der Waals surface area contributed by atoms with E-state index in [1.54, 1.807) is 24.3 Å². The average molecular weight is 363 g/mol. The molecule has 0 atom stereocenters. The van der Waals surface area contributed by atoms with Crippen LogP contribution in [0.3, 0.4) is 0 Å². The molecule has 8 nitrogen and oxygen atoms in total. The maximum Gasteiger partial charge on any atom is 0.298 e. The topological polar surface area (TPSA) is 115 Å². The smallest absolute Gasteiger partial charge is 0.298 e. The normalized spacial score (nSPS) is 11.8. The first-order valence-electron chi connectivity index (χ1n) is 7.70. The van der Waals surface area contributed by atoms with Crippen LogP contribution in [0.1, 0.15) is 19.8 Å². The van der Waals surface area contributed by atoms with E-state index >= 15 is 0 Å². The minimum absolute atomic E-state index is 0.0733. The summed E-state index contributed by atoms with van der Waals surface area (Å²) in [5.41, 5.74) is 1.24. The van der Waals surface area contributed by atoms with Crippen molar-refractivity contribution in [3.63, 3.8) is 0 Å². The number of fused-ring (bicyclic) bond motifs is 1. The number of phenolic OH excluding ortho intramolecular Hbond substituents is 1. The molecule has 0 spiro atoms. The fraction of sp³-hybridized carbons (Fsp3) is 0.250. The van der Waals surface area contributed by atoms with Gasteiger partial charge in [-0.25, -0.2) is 4.68 Å². The Labute approximate surface area is 144 Å². The molecule has 0 saturated heterocycles. The van der Waals surface area contributed by atoms with Gasteiger partial charge in [-0.1, -0.05) is 30.7 Å². The fourth-order valence-corrected chi connectivity index (χ4v) is 3.03. The lowest BCUT2D eigenvalue weighted by molar-refractivity contribution is 0.298. The molecule has 132 valence electrons. The quantitative estimate of drug-likeness (QED) is 0.511. The standard InChI is InChI=1S/C16H17N3O5S/c1-2-3-8-24-15-10-14(20)13(9-16(15)25(21,22)23)19-12-7-5-4-6-11(12)17-18-19/h4-7,9-10,20H,2-3,8H2,1H3,(H,21,22,23). The predicted molar refractivity (Wildman–Crippen MR) is 90.7 cm³/mol. The first-order chi connectivity index (χ1) is 11.9. The van der Waals surface area contributed by atoms with E-state index < -0.39 is 15.0 Å². The number of para-hydroxylation sites is 1. The second-order valence-electron chi connectivity index (χ2n) is 5.45. The molecule has 0 unspecified atom stereocenters. The summed E-state index contributed by atoms with van der Waals surface area (Å²) in [7, 11) is -4.55. The molecular weight excluding hydrogens is 346 g/mol. The molecule has 9 heteroatoms. The summed E-state index contributed by atoms with van der Waals surface area (Å²) in [6, 6.07) is 9.30. The number of aromatic hydroxyl groups is 1. The molecule has 0 aliphatic rings. The fourth-order valence-electron chi connectivity index (χ4n) is 2.40. The van der Waals surface area contributed by atoms with Gasteiger partial charge in [-0.05, 0) is 24.6 Å². The van der Waals surface area contributed by atoms with Crippen LogP contribution >= 0.6 is 0 Å². The molecule has 0 fully saturated rings. The zero-order chi connectivity index (χ0) is 18.0. The molecule has 2 aromatic carbocycles. The number of phenols is 1. The minimum atomic E-state index is -4.55. The van der Waals surface area contributed by atoms with Gasteiger partial charge in [0.15, 0.2) is 0 Å². The van der Waals surface area contributed by atoms with Gasteiger partial charge in [-0.3, -0.25) is 4.55 Å². The third kappa shape index (κ3) is 3.42. The van der Waals surface area contributed by atoms with Crippen LogP contribution in [-0.4, -0.2) is 39.7 Å². The van der Waals surface area contributed by atoms with Gasteiger partial charge in [0, 0.05) is 6.07 Å². The lowest BCUT2D eigenvalue weighted by Gasteiger charge is -2.13. The van der Waals surface area contributed by atoms with Gasteiger partial charge in [-0.15, -0.1) is 5.10 Å². The Morgan fingerprint density at radius 1 is 1.24 bits per heavy atom. The van der Waals surface area contributed by atoms with Crippen molar-refractivity contribution in [2.75, 3.05) is 6.61 Å². The zero-order valence-electron chi connectivity index (χ0n) is 13.5. The van der Waals surface area contributed by atoms with Crippen molar-refractivity contribution in [2.45, 2.75) is 24.7 Å². The van der Waals surface area contributed by atoms with Crippen molar-refractivity contribution in [2.24, 2.45) is 0 Å². The molecular formula is C16H17N3O5S. The number of unbranched alkanes of at least 4 members (excludes halogenated alkanes) is 1. The first kappa shape index (κ1) is 17.2. The van der Waals surface area contributed by atoms with Gasteiger partial charge in [0.2, 0.25) is 0 Å². The number of hydrogen-bond donors (Lipinski definition) is 2. The Kier molecular flexibility index (Phi) is 4.60. The molecule has 0 bridgehead atoms. The summed E-state index contributed by atoms with van der Waals surface area (Å²) in [5.74, 6) is -0.351. The number of rotatable bonds is 6. The highest BCUT2D eigenvalue weighted by Crippen LogP contribution is 2.34. The Hall–Kier alpha value is -2.65. The molecule has 0 aliphatic carbocycles. The molecule has 1 heterocycles. The predicted octanol–water partition coefficient (Wildman–Crippen LogP) is 2.55. The summed E-state index contributed by atoms with van der Waals surface area (Å²) in [6.45, 7) is 2.23. The second-order valence-corrected chi connectivity index (χ2v) is 6.84. The van der Waals surface area contributed by atoms with Crippen LogP contribution in [0, 0.1) is 0 Å². The maximum atomic E-state index is 11.7. The van der Waals surface area contributed by atoms with Crippen LogP contribution in [0.5, 0.6) is 11.5 Å². The van der Waals surface area contributed by atoms with E-state index in [0.717, 1.165) is 18.6 Å². The van der Waals surface area contributed by atoms with Gasteiger partial charge in [0.1, 0.15) is 27.6 Å². The Bertz CT molecular complexity index is 1010. The van der Waals surface area contributed by atoms with E-state index in [2.05, 4.69) is 10.3 Å². The SMILES string of the molecule is CCCCOc1cc(O)c(-n2nnc3ccccc32)cc1S(=O)(=O)O. The number of ether oxygens (including phenoxy) is 1. The van der Waals surface area contributed by atoms with Crippen LogP contribution in [0.15, 0.2) is 41.3 Å². The molecule has 0 aliphatic heterocycles. The van der Waals surface area contributed by atoms with Crippen LogP contribution in [0.2, 0.25) is 0 Å². The molecule has 0 amide bonds. The molecule has 2 N–H and O–H groups in total. The highest BCUT2D eigenvalue weighted by molar-refractivity contribution is 7.86. The average Bonchev–Trinajstić information content (AvgIpc) is 2.98. The Morgan fingerprint density at radius 3 is 2.72 bits per heavy atom. The number of nitrogens with zero attached hydrogens (tertiary/aromatic N) is 3. The minimum Gasteiger partial charge on any atom is -0.506 e. The zero-order valence-corrected chi connectivity index (χ0v) is 14.3. The van der Waals surface area contributed by atoms with E-state index in [1.165, 1.54) is 4.68 Å². The van der Waals surface area contributed by atoms with E-state index in [9.17, 15) is 18.1 Å². The number of hydrogen-bond acceptors (Lipinski definition) is 6. The van der Waals surface area contributed by atoms with Crippen molar-refractivity contribution in [1.29, 1.82) is 0 Å². The van der Waals surface area contributed by atoms with Crippen molar-refractivity contribution in [1.82, 2.24) is 15.0 Å². The largest absolute Gasteiger partial charge is 0.506 e. The van der Waals surface area contributed by atoms with Crippen LogP contribution in [0.4, 0.5) is 0 Å². The summed E-state index contributed by atoms with van der Waals surface area (Å²) >= 11 is 0. The molecule has 3 rings (SSSR count). The second kappa shape index (κ2) is 6.69. The third-order valence-electron chi connectivity index (χ3n) is 3.65. The van der Waals surface area contributed by atoms with Gasteiger partial charge in [-0.2, -0.15) is 8.42 Å². The van der Waals surface area contributed by atoms with Crippen LogP contribution in [0.25, 0.3) is 16.7 Å². The van der Waals surface area contributed by atoms with Crippen molar-refractivity contribution in [3.05, 3.63) is 36.4 Å². The molecule has 25 heavy (non-hydrogen) atoms. The van der Waals surface area contributed by atoms with E-state index in [0.29, 0.717) is 17.5 Å². The highest BCUT2D eigenvalue weighted by Gasteiger charge is 2.22. The Morgan fingerprint density at radius 2 is 2.00 bits per heavy atom. The molecule has 3 aromatic rings. The third-order valence-corrected chi connectivity index (χ3v) is 4.53. The lowest BCUT2D eigenvalue weighted by Crippen LogP contribution is -2.07. The van der Waals surface area contributed by atoms with Crippen molar-refractivity contribution < 1.29 is 22.8 Å². The highest BCUT2D eigenvalue weighted by atomic mass is 32.2. The van der Waals surface area contributed by atoms with Gasteiger partial charge < -0.3 is 9.84 Å². The van der Waals surface area contributed by atoms with Crippen LogP contribution in [-0.2, 0) is 10.1 Å². The number of aromatic nitrogens is 3. The van der Waals surface area contributed by atoms with Gasteiger partial charge in [0.25, 0.3) is 10.1 Å². The summed E-state index contributed by atoms with van der Waals surface area (Å²) in [4.78, 5) is -0.434. The maximum absolute atomic E-state index is 11.7. The number of benzene rings is 2. The van der Waals surface area contributed by atoms with E-state index in [-0.39, 0.29) is 23.8 Å². The monoisotopic (exact) mass is 363 g/mol. The molecule has 0 saturated carbocycles. The van der Waals surface area contributed by atoms with Gasteiger partial charge >= 0.3 is 0 Å². The summed E-state index contributed by atoms with van der Waals surface area (Å²) in [6.07, 6.45) is 1.57. The van der Waals surface area contributed by atoms with Crippen molar-refractivity contribution in [3.8, 4) is 17.2 Å². The van der Waals surface area contributed by atoms with E-state index in [4.69, 9.17) is 4.74 Å². The molecule has 1 aromatic heterocycles. The summed E-state index contributed by atoms with van der Waals surface area (Å²) < 4.78 is 39.7. The summed E-state index contributed by atoms with van der Waals surface area (Å²) in [5, 5.41) is 18.2. The molecule has 0 radical (unpaired) electrons. The Balaban J connectivity index is 2.15. The van der Waals surface area contributed by atoms with Crippen LogP contribution < -0.4 is 4.74 Å². The van der Waals surface area contributed by atoms with E-state index in [1.807, 2.05) is 6.92 Å². The lowest BCUT2D eigenvalue weighted by atomic mass is 10.2.